The van der Waals surface area contributed by atoms with Gasteiger partial charge < -0.3 is 10.2 Å². The van der Waals surface area contributed by atoms with Crippen molar-refractivity contribution in [2.45, 2.75) is 32.2 Å². The molecule has 3 heterocycles. The number of fused-ring (bicyclic) bond motifs is 1. The molecule has 4 nitrogen and oxygen atoms in total. The molecule has 0 saturated carbocycles. The van der Waals surface area contributed by atoms with E-state index in [4.69, 9.17) is 4.98 Å². The molecule has 0 spiro atoms. The quantitative estimate of drug-likeness (QED) is 0.899. The molecule has 0 bridgehead atoms. The van der Waals surface area contributed by atoms with Gasteiger partial charge in [0.15, 0.2) is 0 Å². The lowest BCUT2D eigenvalue weighted by Crippen LogP contribution is -2.50. The summed E-state index contributed by atoms with van der Waals surface area (Å²) in [5.74, 6) is 2.14. The summed E-state index contributed by atoms with van der Waals surface area (Å²) in [5.41, 5.74) is 0. The minimum Gasteiger partial charge on any atom is -0.370 e. The van der Waals surface area contributed by atoms with Crippen LogP contribution in [0.25, 0.3) is 0 Å². The fourth-order valence-corrected chi connectivity index (χ4v) is 3.15. The number of anilines is 2. The van der Waals surface area contributed by atoms with Crippen molar-refractivity contribution in [1.29, 1.82) is 0 Å². The number of hydrogen-bond acceptors (Lipinski definition) is 4. The molecule has 2 aliphatic rings. The summed E-state index contributed by atoms with van der Waals surface area (Å²) in [6.07, 6.45) is 3.85. The third kappa shape index (κ3) is 2.84. The molecule has 0 amide bonds. The van der Waals surface area contributed by atoms with E-state index in [-0.39, 0.29) is 0 Å². The maximum absolute atomic E-state index is 4.74. The normalized spacial score (nSPS) is 23.4. The smallest absolute Gasteiger partial charge is 0.131 e. The van der Waals surface area contributed by atoms with Crippen LogP contribution in [0.1, 0.15) is 26.2 Å². The summed E-state index contributed by atoms with van der Waals surface area (Å²) in [4.78, 5) is 9.83. The number of piperazine rings is 1. The van der Waals surface area contributed by atoms with E-state index in [2.05, 4.69) is 40.2 Å². The molecule has 0 radical (unpaired) electrons. The van der Waals surface area contributed by atoms with Crippen LogP contribution in [0.5, 0.6) is 0 Å². The minimum atomic E-state index is 0.753. The van der Waals surface area contributed by atoms with E-state index < -0.39 is 0 Å². The summed E-state index contributed by atoms with van der Waals surface area (Å²) in [6.45, 7) is 7.91. The van der Waals surface area contributed by atoms with Crippen LogP contribution in [0, 0.1) is 0 Å². The maximum atomic E-state index is 4.74. The minimum absolute atomic E-state index is 0.753. The zero-order chi connectivity index (χ0) is 13.1. The summed E-state index contributed by atoms with van der Waals surface area (Å²) in [6, 6.07) is 7.07. The van der Waals surface area contributed by atoms with Gasteiger partial charge in [-0.05, 0) is 37.9 Å². The fourth-order valence-electron chi connectivity index (χ4n) is 3.15. The molecule has 1 N–H and O–H groups in total. The molecule has 1 aromatic heterocycles. The molecule has 2 saturated heterocycles. The Balaban J connectivity index is 1.68. The average molecular weight is 260 g/mol. The molecule has 1 unspecified atom stereocenters. The Morgan fingerprint density at radius 3 is 3.16 bits per heavy atom. The van der Waals surface area contributed by atoms with Gasteiger partial charge >= 0.3 is 0 Å². The number of hydrogen-bond donors (Lipinski definition) is 1. The molecular weight excluding hydrogens is 236 g/mol. The SMILES string of the molecule is CCCNc1cccc(N2CCN3CCCC3C2)n1. The summed E-state index contributed by atoms with van der Waals surface area (Å²) >= 11 is 0. The molecule has 2 aliphatic heterocycles. The van der Waals surface area contributed by atoms with E-state index in [0.717, 1.165) is 43.7 Å². The highest BCUT2D eigenvalue weighted by Gasteiger charge is 2.30. The Labute approximate surface area is 115 Å². The van der Waals surface area contributed by atoms with Crippen LogP contribution in [0.3, 0.4) is 0 Å². The van der Waals surface area contributed by atoms with E-state index in [9.17, 15) is 0 Å². The van der Waals surface area contributed by atoms with Crippen molar-refractivity contribution >= 4 is 11.6 Å². The van der Waals surface area contributed by atoms with Gasteiger partial charge in [0, 0.05) is 32.2 Å². The van der Waals surface area contributed by atoms with Crippen LogP contribution < -0.4 is 10.2 Å². The zero-order valence-electron chi connectivity index (χ0n) is 11.8. The predicted octanol–water partition coefficient (Wildman–Crippen LogP) is 2.19. The Hall–Kier alpha value is -1.29. The van der Waals surface area contributed by atoms with E-state index in [1.54, 1.807) is 0 Å². The summed E-state index contributed by atoms with van der Waals surface area (Å²) < 4.78 is 0. The Morgan fingerprint density at radius 2 is 2.26 bits per heavy atom. The average Bonchev–Trinajstić information content (AvgIpc) is 2.92. The van der Waals surface area contributed by atoms with Crippen molar-refractivity contribution in [3.63, 3.8) is 0 Å². The molecule has 4 heteroatoms. The molecule has 104 valence electrons. The molecule has 1 atom stereocenters. The van der Waals surface area contributed by atoms with Crippen molar-refractivity contribution in [2.75, 3.05) is 42.9 Å². The Bertz CT molecular complexity index is 420. The second-order valence-electron chi connectivity index (χ2n) is 5.59. The van der Waals surface area contributed by atoms with Crippen molar-refractivity contribution in [2.24, 2.45) is 0 Å². The predicted molar refractivity (Wildman–Crippen MR) is 79.8 cm³/mol. The van der Waals surface area contributed by atoms with Crippen LogP contribution in [0.4, 0.5) is 11.6 Å². The van der Waals surface area contributed by atoms with Gasteiger partial charge in [-0.2, -0.15) is 0 Å². The Kier molecular flexibility index (Phi) is 3.87. The number of pyridine rings is 1. The van der Waals surface area contributed by atoms with Crippen LogP contribution in [0.2, 0.25) is 0 Å². The number of nitrogens with zero attached hydrogens (tertiary/aromatic N) is 3. The third-order valence-electron chi connectivity index (χ3n) is 4.20. The lowest BCUT2D eigenvalue weighted by molar-refractivity contribution is 0.230. The first-order valence-corrected chi connectivity index (χ1v) is 7.57. The van der Waals surface area contributed by atoms with Gasteiger partial charge in [0.1, 0.15) is 11.6 Å². The molecule has 0 aliphatic carbocycles. The second-order valence-corrected chi connectivity index (χ2v) is 5.59. The number of rotatable bonds is 4. The molecular formula is C15H24N4. The molecule has 1 aromatic rings. The lowest BCUT2D eigenvalue weighted by atomic mass is 10.1. The van der Waals surface area contributed by atoms with Crippen LogP contribution in [-0.4, -0.2) is 48.6 Å². The van der Waals surface area contributed by atoms with Gasteiger partial charge in [-0.15, -0.1) is 0 Å². The van der Waals surface area contributed by atoms with Crippen LogP contribution in [-0.2, 0) is 0 Å². The van der Waals surface area contributed by atoms with Crippen molar-refractivity contribution < 1.29 is 0 Å². The van der Waals surface area contributed by atoms with E-state index in [0.29, 0.717) is 0 Å². The van der Waals surface area contributed by atoms with Crippen LogP contribution >= 0.6 is 0 Å². The van der Waals surface area contributed by atoms with Crippen LogP contribution in [0.15, 0.2) is 18.2 Å². The standard InChI is InChI=1S/C15H24N4/c1-2-8-16-14-6-3-7-15(17-14)19-11-10-18-9-4-5-13(18)12-19/h3,6-7,13H,2,4-5,8-12H2,1H3,(H,16,17). The Morgan fingerprint density at radius 1 is 1.32 bits per heavy atom. The van der Waals surface area contributed by atoms with Gasteiger partial charge in [0.25, 0.3) is 0 Å². The summed E-state index contributed by atoms with van der Waals surface area (Å²) in [5, 5.41) is 3.37. The van der Waals surface area contributed by atoms with Gasteiger partial charge in [-0.25, -0.2) is 4.98 Å². The van der Waals surface area contributed by atoms with Gasteiger partial charge in [-0.1, -0.05) is 13.0 Å². The highest BCUT2D eigenvalue weighted by Crippen LogP contribution is 2.24. The van der Waals surface area contributed by atoms with E-state index in [1.165, 1.54) is 25.9 Å². The first-order chi connectivity index (χ1) is 9.36. The lowest BCUT2D eigenvalue weighted by Gasteiger charge is -2.38. The van der Waals surface area contributed by atoms with Gasteiger partial charge in [0.05, 0.1) is 0 Å². The van der Waals surface area contributed by atoms with Crippen molar-refractivity contribution in [3.05, 3.63) is 18.2 Å². The highest BCUT2D eigenvalue weighted by atomic mass is 15.3. The number of nitrogens with one attached hydrogen (secondary N) is 1. The maximum Gasteiger partial charge on any atom is 0.131 e. The first-order valence-electron chi connectivity index (χ1n) is 7.57. The van der Waals surface area contributed by atoms with E-state index >= 15 is 0 Å². The number of aromatic nitrogens is 1. The summed E-state index contributed by atoms with van der Waals surface area (Å²) in [7, 11) is 0. The molecule has 0 aromatic carbocycles. The molecule has 3 rings (SSSR count). The first kappa shape index (κ1) is 12.7. The third-order valence-corrected chi connectivity index (χ3v) is 4.20. The van der Waals surface area contributed by atoms with E-state index in [1.807, 2.05) is 0 Å². The zero-order valence-corrected chi connectivity index (χ0v) is 11.8. The molecule has 19 heavy (non-hydrogen) atoms. The van der Waals surface area contributed by atoms with Gasteiger partial charge in [0.2, 0.25) is 0 Å². The highest BCUT2D eigenvalue weighted by molar-refractivity contribution is 5.47. The topological polar surface area (TPSA) is 31.4 Å². The van der Waals surface area contributed by atoms with Crippen molar-refractivity contribution in [1.82, 2.24) is 9.88 Å². The fraction of sp³-hybridized carbons (Fsp3) is 0.667. The molecule has 2 fully saturated rings. The second kappa shape index (κ2) is 5.78. The largest absolute Gasteiger partial charge is 0.370 e. The monoisotopic (exact) mass is 260 g/mol. The van der Waals surface area contributed by atoms with Gasteiger partial charge in [-0.3, -0.25) is 4.90 Å². The van der Waals surface area contributed by atoms with Crippen molar-refractivity contribution in [3.8, 4) is 0 Å².